The van der Waals surface area contributed by atoms with E-state index in [1.54, 1.807) is 11.8 Å². The zero-order valence-corrected chi connectivity index (χ0v) is 9.61. The van der Waals surface area contributed by atoms with E-state index >= 15 is 0 Å². The topological polar surface area (TPSA) is 38.3 Å². The molecule has 0 aromatic rings. The molecule has 78 valence electrons. The summed E-state index contributed by atoms with van der Waals surface area (Å²) in [7, 11) is 0. The standard InChI is InChI=1S/C9H19NO2S/c1-5-12-9(11)8(6-13-4)10-7(2)3/h7-8,10H,5-6H2,1-4H3. The lowest BCUT2D eigenvalue weighted by Crippen LogP contribution is -2.43. The molecule has 0 aliphatic heterocycles. The number of carbonyl (C=O) groups excluding carboxylic acids is 1. The summed E-state index contributed by atoms with van der Waals surface area (Å²) in [5.74, 6) is 0.613. The van der Waals surface area contributed by atoms with Crippen molar-refractivity contribution < 1.29 is 9.53 Å². The monoisotopic (exact) mass is 205 g/mol. The van der Waals surface area contributed by atoms with E-state index in [4.69, 9.17) is 4.74 Å². The summed E-state index contributed by atoms with van der Waals surface area (Å²) in [6.45, 7) is 6.31. The van der Waals surface area contributed by atoms with Crippen LogP contribution in [-0.2, 0) is 9.53 Å². The smallest absolute Gasteiger partial charge is 0.323 e. The predicted molar refractivity (Wildman–Crippen MR) is 57.1 cm³/mol. The Morgan fingerprint density at radius 1 is 1.54 bits per heavy atom. The Bertz CT molecular complexity index is 151. The molecule has 0 radical (unpaired) electrons. The Balaban J connectivity index is 3.98. The zero-order chi connectivity index (χ0) is 10.3. The third-order valence-electron chi connectivity index (χ3n) is 1.44. The molecule has 0 amide bonds. The Morgan fingerprint density at radius 3 is 2.54 bits per heavy atom. The van der Waals surface area contributed by atoms with Crippen LogP contribution < -0.4 is 5.32 Å². The van der Waals surface area contributed by atoms with E-state index < -0.39 is 0 Å². The van der Waals surface area contributed by atoms with E-state index in [0.29, 0.717) is 12.6 Å². The highest BCUT2D eigenvalue weighted by Crippen LogP contribution is 2.01. The highest BCUT2D eigenvalue weighted by Gasteiger charge is 2.19. The van der Waals surface area contributed by atoms with Crippen molar-refractivity contribution in [2.24, 2.45) is 0 Å². The quantitative estimate of drug-likeness (QED) is 0.663. The first-order valence-electron chi connectivity index (χ1n) is 4.53. The second-order valence-corrected chi connectivity index (χ2v) is 3.99. The van der Waals surface area contributed by atoms with Crippen molar-refractivity contribution in [3.8, 4) is 0 Å². The lowest BCUT2D eigenvalue weighted by molar-refractivity contribution is -0.145. The summed E-state index contributed by atoms with van der Waals surface area (Å²) in [6.07, 6.45) is 1.98. The molecule has 13 heavy (non-hydrogen) atoms. The van der Waals surface area contributed by atoms with Crippen LogP contribution in [-0.4, -0.2) is 36.7 Å². The number of hydrogen-bond donors (Lipinski definition) is 1. The van der Waals surface area contributed by atoms with E-state index in [1.807, 2.05) is 27.0 Å². The van der Waals surface area contributed by atoms with E-state index in [-0.39, 0.29) is 12.0 Å². The molecule has 4 heteroatoms. The lowest BCUT2D eigenvalue weighted by Gasteiger charge is -2.18. The number of hydrogen-bond acceptors (Lipinski definition) is 4. The molecule has 0 heterocycles. The Kier molecular flexibility index (Phi) is 7.09. The van der Waals surface area contributed by atoms with Gasteiger partial charge in [-0.05, 0) is 13.2 Å². The minimum atomic E-state index is -0.171. The summed E-state index contributed by atoms with van der Waals surface area (Å²) >= 11 is 1.64. The molecule has 0 saturated carbocycles. The average Bonchev–Trinajstić information content (AvgIpc) is 2.03. The second kappa shape index (κ2) is 7.21. The molecule has 1 atom stereocenters. The van der Waals surface area contributed by atoms with Crippen molar-refractivity contribution in [1.82, 2.24) is 5.32 Å². The van der Waals surface area contributed by atoms with Gasteiger partial charge in [-0.1, -0.05) is 13.8 Å². The summed E-state index contributed by atoms with van der Waals surface area (Å²) < 4.78 is 4.94. The van der Waals surface area contributed by atoms with Gasteiger partial charge in [0.05, 0.1) is 6.61 Å². The van der Waals surface area contributed by atoms with Crippen molar-refractivity contribution >= 4 is 17.7 Å². The third kappa shape index (κ3) is 5.93. The first-order chi connectivity index (χ1) is 6.11. The summed E-state index contributed by atoms with van der Waals surface area (Å²) in [6, 6.07) is 0.136. The van der Waals surface area contributed by atoms with Crippen LogP contribution in [0.5, 0.6) is 0 Å². The van der Waals surface area contributed by atoms with Gasteiger partial charge < -0.3 is 10.1 Å². The molecular weight excluding hydrogens is 186 g/mol. The molecule has 0 rings (SSSR count). The van der Waals surface area contributed by atoms with Gasteiger partial charge in [-0.25, -0.2) is 0 Å². The van der Waals surface area contributed by atoms with E-state index in [9.17, 15) is 4.79 Å². The number of rotatable bonds is 6. The van der Waals surface area contributed by atoms with E-state index in [1.165, 1.54) is 0 Å². The Morgan fingerprint density at radius 2 is 2.15 bits per heavy atom. The molecule has 0 aliphatic rings. The molecule has 0 saturated heterocycles. The van der Waals surface area contributed by atoms with Gasteiger partial charge in [0.1, 0.15) is 6.04 Å². The highest BCUT2D eigenvalue weighted by atomic mass is 32.2. The first kappa shape index (κ1) is 12.8. The van der Waals surface area contributed by atoms with Gasteiger partial charge in [-0.2, -0.15) is 11.8 Å². The molecule has 0 aromatic heterocycles. The minimum absolute atomic E-state index is 0.148. The lowest BCUT2D eigenvalue weighted by atomic mass is 10.3. The molecule has 0 bridgehead atoms. The van der Waals surface area contributed by atoms with Gasteiger partial charge in [0.2, 0.25) is 0 Å². The predicted octanol–water partition coefficient (Wildman–Crippen LogP) is 1.28. The van der Waals surface area contributed by atoms with Crippen LogP contribution in [0.3, 0.4) is 0 Å². The van der Waals surface area contributed by atoms with Crippen molar-refractivity contribution in [2.45, 2.75) is 32.9 Å². The van der Waals surface area contributed by atoms with Crippen molar-refractivity contribution in [1.29, 1.82) is 0 Å². The minimum Gasteiger partial charge on any atom is -0.465 e. The van der Waals surface area contributed by atoms with Crippen LogP contribution in [0, 0.1) is 0 Å². The zero-order valence-electron chi connectivity index (χ0n) is 8.79. The number of carbonyl (C=O) groups is 1. The number of nitrogens with one attached hydrogen (secondary N) is 1. The maximum Gasteiger partial charge on any atom is 0.323 e. The maximum atomic E-state index is 11.4. The molecule has 1 N–H and O–H groups in total. The molecule has 0 fully saturated rings. The summed E-state index contributed by atoms with van der Waals surface area (Å²) in [4.78, 5) is 11.4. The van der Waals surface area contributed by atoms with Crippen LogP contribution in [0.2, 0.25) is 0 Å². The fourth-order valence-corrected chi connectivity index (χ4v) is 1.56. The van der Waals surface area contributed by atoms with E-state index in [2.05, 4.69) is 5.32 Å². The largest absolute Gasteiger partial charge is 0.465 e. The van der Waals surface area contributed by atoms with Crippen LogP contribution >= 0.6 is 11.8 Å². The van der Waals surface area contributed by atoms with E-state index in [0.717, 1.165) is 5.75 Å². The molecule has 0 spiro atoms. The van der Waals surface area contributed by atoms with Crippen LogP contribution in [0.4, 0.5) is 0 Å². The van der Waals surface area contributed by atoms with Gasteiger partial charge in [0, 0.05) is 11.8 Å². The van der Waals surface area contributed by atoms with Gasteiger partial charge in [0.15, 0.2) is 0 Å². The SMILES string of the molecule is CCOC(=O)C(CSC)NC(C)C. The number of esters is 1. The van der Waals surface area contributed by atoms with Crippen LogP contribution in [0.15, 0.2) is 0 Å². The maximum absolute atomic E-state index is 11.4. The molecule has 0 aromatic carbocycles. The molecule has 1 unspecified atom stereocenters. The molecule has 0 aliphatic carbocycles. The first-order valence-corrected chi connectivity index (χ1v) is 5.92. The van der Waals surface area contributed by atoms with Crippen molar-refractivity contribution in [2.75, 3.05) is 18.6 Å². The number of ether oxygens (including phenoxy) is 1. The summed E-state index contributed by atoms with van der Waals surface area (Å²) in [5, 5.41) is 3.17. The highest BCUT2D eigenvalue weighted by molar-refractivity contribution is 7.98. The fraction of sp³-hybridized carbons (Fsp3) is 0.889. The van der Waals surface area contributed by atoms with Crippen molar-refractivity contribution in [3.05, 3.63) is 0 Å². The van der Waals surface area contributed by atoms with Gasteiger partial charge >= 0.3 is 5.97 Å². The van der Waals surface area contributed by atoms with Crippen molar-refractivity contribution in [3.63, 3.8) is 0 Å². The molecular formula is C9H19NO2S. The fourth-order valence-electron chi connectivity index (χ4n) is 0.996. The Hall–Kier alpha value is -0.220. The van der Waals surface area contributed by atoms with Gasteiger partial charge in [-0.15, -0.1) is 0 Å². The van der Waals surface area contributed by atoms with Crippen LogP contribution in [0.25, 0.3) is 0 Å². The van der Waals surface area contributed by atoms with Gasteiger partial charge in [0.25, 0.3) is 0 Å². The molecule has 3 nitrogen and oxygen atoms in total. The van der Waals surface area contributed by atoms with Gasteiger partial charge in [-0.3, -0.25) is 4.79 Å². The normalized spacial score (nSPS) is 13.0. The third-order valence-corrected chi connectivity index (χ3v) is 2.11. The second-order valence-electron chi connectivity index (χ2n) is 3.08. The number of thioether (sulfide) groups is 1. The van der Waals surface area contributed by atoms with Crippen LogP contribution in [0.1, 0.15) is 20.8 Å². The summed E-state index contributed by atoms with van der Waals surface area (Å²) in [5.41, 5.74) is 0. The Labute approximate surface area is 84.6 Å². The average molecular weight is 205 g/mol.